The zero-order valence-corrected chi connectivity index (χ0v) is 11.5. The molecular formula is C14H23NO4. The van der Waals surface area contributed by atoms with Crippen molar-refractivity contribution in [1.29, 1.82) is 0 Å². The first-order valence-corrected chi connectivity index (χ1v) is 6.96. The Hall–Kier alpha value is -1.23. The van der Waals surface area contributed by atoms with Crippen LogP contribution >= 0.6 is 0 Å². The molecule has 1 rings (SSSR count). The van der Waals surface area contributed by atoms with Crippen molar-refractivity contribution < 1.29 is 19.5 Å². The number of hydrogen-bond acceptors (Lipinski definition) is 4. The minimum absolute atomic E-state index is 0.00926. The molecule has 1 aliphatic rings. The van der Waals surface area contributed by atoms with Crippen molar-refractivity contribution in [3.05, 3.63) is 0 Å². The minimum Gasteiger partial charge on any atom is -0.481 e. The van der Waals surface area contributed by atoms with Crippen LogP contribution in [0.1, 0.15) is 44.9 Å². The van der Waals surface area contributed by atoms with Gasteiger partial charge in [0.05, 0.1) is 12.5 Å². The number of carbonyl (C=O) groups is 3. The van der Waals surface area contributed by atoms with E-state index in [1.165, 1.54) is 0 Å². The molecule has 5 nitrogen and oxygen atoms in total. The monoisotopic (exact) mass is 269 g/mol. The van der Waals surface area contributed by atoms with Crippen LogP contribution in [0.3, 0.4) is 0 Å². The van der Waals surface area contributed by atoms with Gasteiger partial charge in [-0.25, -0.2) is 0 Å². The first kappa shape index (κ1) is 15.8. The van der Waals surface area contributed by atoms with Crippen LogP contribution in [0.5, 0.6) is 0 Å². The van der Waals surface area contributed by atoms with E-state index in [9.17, 15) is 14.4 Å². The van der Waals surface area contributed by atoms with E-state index in [4.69, 9.17) is 5.11 Å². The molecular weight excluding hydrogens is 246 g/mol. The lowest BCUT2D eigenvalue weighted by Gasteiger charge is -2.24. The fourth-order valence-corrected chi connectivity index (χ4v) is 2.61. The Morgan fingerprint density at radius 2 is 1.63 bits per heavy atom. The number of aliphatic carboxylic acids is 1. The lowest BCUT2D eigenvalue weighted by Crippen LogP contribution is -2.26. The molecule has 0 heterocycles. The molecule has 0 aromatic rings. The lowest BCUT2D eigenvalue weighted by molar-refractivity contribution is -0.144. The summed E-state index contributed by atoms with van der Waals surface area (Å²) in [4.78, 5) is 34.0. The third-order valence-corrected chi connectivity index (χ3v) is 3.78. The highest BCUT2D eigenvalue weighted by atomic mass is 16.4. The second-order valence-corrected chi connectivity index (χ2v) is 5.28. The van der Waals surface area contributed by atoms with Crippen LogP contribution < -0.4 is 5.32 Å². The van der Waals surface area contributed by atoms with Crippen LogP contribution in [-0.2, 0) is 14.4 Å². The van der Waals surface area contributed by atoms with Crippen molar-refractivity contribution in [2.75, 3.05) is 13.6 Å². The topological polar surface area (TPSA) is 83.5 Å². The van der Waals surface area contributed by atoms with Gasteiger partial charge in [0.1, 0.15) is 11.6 Å². The summed E-state index contributed by atoms with van der Waals surface area (Å²) in [5.74, 6) is -0.689. The average molecular weight is 269 g/mol. The number of likely N-dealkylation sites (N-methyl/N-ethyl adjacent to an activating group) is 1. The van der Waals surface area contributed by atoms with Crippen LogP contribution in [0, 0.1) is 11.8 Å². The van der Waals surface area contributed by atoms with Gasteiger partial charge in [-0.3, -0.25) is 14.4 Å². The fourth-order valence-electron chi connectivity index (χ4n) is 2.61. The molecule has 0 aromatic heterocycles. The molecule has 1 fully saturated rings. The van der Waals surface area contributed by atoms with Gasteiger partial charge in [-0.1, -0.05) is 0 Å². The van der Waals surface area contributed by atoms with Gasteiger partial charge in [-0.2, -0.15) is 0 Å². The highest BCUT2D eigenvalue weighted by Gasteiger charge is 2.29. The second-order valence-electron chi connectivity index (χ2n) is 5.28. The first-order valence-electron chi connectivity index (χ1n) is 6.96. The number of carboxylic acid groups (broad SMARTS) is 1. The van der Waals surface area contributed by atoms with E-state index in [2.05, 4.69) is 5.32 Å². The van der Waals surface area contributed by atoms with Gasteiger partial charge in [0.15, 0.2) is 0 Å². The smallest absolute Gasteiger partial charge is 0.306 e. The molecule has 2 N–H and O–H groups in total. The second kappa shape index (κ2) is 8.04. The Bertz CT molecular complexity index is 332. The molecule has 19 heavy (non-hydrogen) atoms. The number of rotatable bonds is 8. The van der Waals surface area contributed by atoms with Crippen LogP contribution in [0.2, 0.25) is 0 Å². The summed E-state index contributed by atoms with van der Waals surface area (Å²) in [5.41, 5.74) is 0. The minimum atomic E-state index is -0.747. The number of hydrogen-bond donors (Lipinski definition) is 2. The number of ketones is 2. The van der Waals surface area contributed by atoms with E-state index >= 15 is 0 Å². The van der Waals surface area contributed by atoms with Gasteiger partial charge >= 0.3 is 5.97 Å². The molecule has 0 aromatic carbocycles. The van der Waals surface area contributed by atoms with Crippen LogP contribution in [0.25, 0.3) is 0 Å². The van der Waals surface area contributed by atoms with Crippen molar-refractivity contribution in [3.63, 3.8) is 0 Å². The van der Waals surface area contributed by atoms with Gasteiger partial charge in [0.2, 0.25) is 0 Å². The third-order valence-electron chi connectivity index (χ3n) is 3.78. The molecule has 0 unspecified atom stereocenters. The van der Waals surface area contributed by atoms with E-state index in [1.54, 1.807) is 7.05 Å². The van der Waals surface area contributed by atoms with E-state index in [-0.39, 0.29) is 23.4 Å². The van der Waals surface area contributed by atoms with Gasteiger partial charge in [0.25, 0.3) is 0 Å². The summed E-state index contributed by atoms with van der Waals surface area (Å²) >= 11 is 0. The van der Waals surface area contributed by atoms with Crippen molar-refractivity contribution in [2.24, 2.45) is 11.8 Å². The highest BCUT2D eigenvalue weighted by molar-refractivity contribution is 5.83. The number of carbonyl (C=O) groups excluding carboxylic acids is 2. The summed E-state index contributed by atoms with van der Waals surface area (Å²) in [6.45, 7) is 0.359. The summed E-state index contributed by atoms with van der Waals surface area (Å²) < 4.78 is 0. The quantitative estimate of drug-likeness (QED) is 0.696. The Morgan fingerprint density at radius 3 is 2.16 bits per heavy atom. The molecule has 0 amide bonds. The molecule has 108 valence electrons. The van der Waals surface area contributed by atoms with E-state index in [0.29, 0.717) is 51.5 Å². The maximum absolute atomic E-state index is 11.9. The molecule has 0 bridgehead atoms. The van der Waals surface area contributed by atoms with Gasteiger partial charge in [-0.05, 0) is 39.2 Å². The molecule has 1 aliphatic carbocycles. The molecule has 0 aliphatic heterocycles. The first-order chi connectivity index (χ1) is 9.04. The number of carboxylic acids is 1. The Balaban J connectivity index is 2.21. The Morgan fingerprint density at radius 1 is 1.05 bits per heavy atom. The molecule has 0 saturated heterocycles. The van der Waals surface area contributed by atoms with E-state index in [0.717, 1.165) is 0 Å². The van der Waals surface area contributed by atoms with Gasteiger partial charge in [-0.15, -0.1) is 0 Å². The van der Waals surface area contributed by atoms with E-state index in [1.807, 2.05) is 0 Å². The summed E-state index contributed by atoms with van der Waals surface area (Å²) in [6, 6.07) is 0. The Labute approximate surface area is 113 Å². The summed E-state index contributed by atoms with van der Waals surface area (Å²) in [7, 11) is 1.73. The molecule has 0 radical (unpaired) electrons. The molecule has 0 atom stereocenters. The van der Waals surface area contributed by atoms with Crippen molar-refractivity contribution in [1.82, 2.24) is 5.32 Å². The van der Waals surface area contributed by atoms with E-state index < -0.39 is 5.97 Å². The van der Waals surface area contributed by atoms with Crippen LogP contribution in [0.4, 0.5) is 0 Å². The lowest BCUT2D eigenvalue weighted by atomic mass is 9.79. The Kier molecular flexibility index (Phi) is 6.70. The SMILES string of the molecule is CNCC(=O)CCCC(=O)C1CCC(C(=O)O)CC1. The molecule has 1 saturated carbocycles. The molecule has 5 heteroatoms. The highest BCUT2D eigenvalue weighted by Crippen LogP contribution is 2.30. The fraction of sp³-hybridized carbons (Fsp3) is 0.786. The van der Waals surface area contributed by atoms with Crippen LogP contribution in [-0.4, -0.2) is 36.2 Å². The number of Topliss-reactive ketones (excluding diaryl/α,β-unsaturated/α-hetero) is 2. The van der Waals surface area contributed by atoms with Crippen molar-refractivity contribution >= 4 is 17.5 Å². The van der Waals surface area contributed by atoms with Crippen molar-refractivity contribution in [3.8, 4) is 0 Å². The standard InChI is InChI=1S/C14H23NO4/c1-15-9-12(16)3-2-4-13(17)10-5-7-11(8-6-10)14(18)19/h10-11,15H,2-9H2,1H3,(H,18,19). The van der Waals surface area contributed by atoms with Crippen molar-refractivity contribution in [2.45, 2.75) is 44.9 Å². The number of nitrogens with one attached hydrogen (secondary N) is 1. The maximum atomic E-state index is 11.9. The van der Waals surface area contributed by atoms with Gasteiger partial charge in [0, 0.05) is 18.8 Å². The average Bonchev–Trinajstić information content (AvgIpc) is 2.39. The van der Waals surface area contributed by atoms with Gasteiger partial charge < -0.3 is 10.4 Å². The van der Waals surface area contributed by atoms with Crippen LogP contribution in [0.15, 0.2) is 0 Å². The molecule has 0 spiro atoms. The summed E-state index contributed by atoms with van der Waals surface area (Å²) in [6.07, 6.45) is 4.06. The largest absolute Gasteiger partial charge is 0.481 e. The zero-order valence-electron chi connectivity index (χ0n) is 11.5. The zero-order chi connectivity index (χ0) is 14.3. The predicted octanol–water partition coefficient (Wildman–Crippen LogP) is 1.41. The predicted molar refractivity (Wildman–Crippen MR) is 70.9 cm³/mol. The normalized spacial score (nSPS) is 23.0. The summed E-state index contributed by atoms with van der Waals surface area (Å²) in [5, 5.41) is 11.7. The third kappa shape index (κ3) is 5.51. The maximum Gasteiger partial charge on any atom is 0.306 e.